The zero-order chi connectivity index (χ0) is 13.3. The van der Waals surface area contributed by atoms with E-state index in [1.165, 1.54) is 0 Å². The van der Waals surface area contributed by atoms with Crippen LogP contribution in [0.25, 0.3) is 0 Å². The number of nitrogens with zero attached hydrogens (tertiary/aromatic N) is 1. The molecule has 2 aromatic rings. The predicted octanol–water partition coefficient (Wildman–Crippen LogP) is 4.31. The lowest BCUT2D eigenvalue weighted by atomic mass is 10.0. The first-order valence-electron chi connectivity index (χ1n) is 5.61. The van der Waals surface area contributed by atoms with Crippen molar-refractivity contribution >= 4 is 34.5 Å². The number of aromatic nitrogens is 1. The third-order valence-electron chi connectivity index (χ3n) is 2.72. The highest BCUT2D eigenvalue weighted by Gasteiger charge is 2.14. The summed E-state index contributed by atoms with van der Waals surface area (Å²) in [5.41, 5.74) is 8.33. The lowest BCUT2D eigenvalue weighted by Crippen LogP contribution is -2.13. The Morgan fingerprint density at radius 3 is 2.56 bits per heavy atom. The largest absolute Gasteiger partial charge is 0.323 e. The highest BCUT2D eigenvalue weighted by molar-refractivity contribution is 7.11. The normalized spacial score (nSPS) is 12.7. The number of benzene rings is 1. The summed E-state index contributed by atoms with van der Waals surface area (Å²) in [7, 11) is 0. The highest BCUT2D eigenvalue weighted by Crippen LogP contribution is 2.28. The molecular formula is C13H14Cl2N2S. The summed E-state index contributed by atoms with van der Waals surface area (Å²) in [6, 6.07) is 5.58. The van der Waals surface area contributed by atoms with E-state index < -0.39 is 0 Å². The number of nitrogens with two attached hydrogens (primary N) is 1. The molecule has 0 aliphatic rings. The third kappa shape index (κ3) is 3.04. The van der Waals surface area contributed by atoms with Gasteiger partial charge in [-0.15, -0.1) is 11.3 Å². The van der Waals surface area contributed by atoms with Crippen LogP contribution in [-0.4, -0.2) is 4.98 Å². The molecule has 2 rings (SSSR count). The van der Waals surface area contributed by atoms with Gasteiger partial charge in [-0.3, -0.25) is 0 Å². The molecular weight excluding hydrogens is 287 g/mol. The average Bonchev–Trinajstić information content (AvgIpc) is 2.63. The van der Waals surface area contributed by atoms with Crippen molar-refractivity contribution in [3.05, 3.63) is 49.4 Å². The first-order chi connectivity index (χ1) is 8.47. The average molecular weight is 301 g/mol. The van der Waals surface area contributed by atoms with E-state index in [1.807, 2.05) is 26.0 Å². The Kier molecular flexibility index (Phi) is 4.28. The molecule has 0 fully saturated rings. The molecule has 0 saturated carbocycles. The lowest BCUT2D eigenvalue weighted by molar-refractivity contribution is 0.728. The summed E-state index contributed by atoms with van der Waals surface area (Å²) in [5.74, 6) is 0. The minimum atomic E-state index is -0.0477. The Hall–Kier alpha value is -0.610. The molecule has 1 unspecified atom stereocenters. The molecule has 2 nitrogen and oxygen atoms in total. The van der Waals surface area contributed by atoms with E-state index in [9.17, 15) is 0 Å². The molecule has 1 atom stereocenters. The van der Waals surface area contributed by atoms with Crippen molar-refractivity contribution in [2.75, 3.05) is 0 Å². The van der Waals surface area contributed by atoms with Crippen molar-refractivity contribution in [3.63, 3.8) is 0 Å². The summed E-state index contributed by atoms with van der Waals surface area (Å²) >= 11 is 13.5. The van der Waals surface area contributed by atoms with Crippen LogP contribution >= 0.6 is 34.5 Å². The van der Waals surface area contributed by atoms with E-state index in [1.54, 1.807) is 17.4 Å². The van der Waals surface area contributed by atoms with E-state index in [0.717, 1.165) is 27.6 Å². The predicted molar refractivity (Wildman–Crippen MR) is 78.7 cm³/mol. The topological polar surface area (TPSA) is 38.9 Å². The monoisotopic (exact) mass is 300 g/mol. The molecule has 0 saturated heterocycles. The van der Waals surface area contributed by atoms with Crippen molar-refractivity contribution < 1.29 is 0 Å². The molecule has 18 heavy (non-hydrogen) atoms. The maximum atomic E-state index is 6.22. The molecule has 96 valence electrons. The smallest absolute Gasteiger partial charge is 0.0900 e. The number of thiazole rings is 1. The Balaban J connectivity index is 2.18. The van der Waals surface area contributed by atoms with Crippen LogP contribution < -0.4 is 5.73 Å². The Morgan fingerprint density at radius 1 is 1.28 bits per heavy atom. The van der Waals surface area contributed by atoms with Gasteiger partial charge in [-0.1, -0.05) is 29.3 Å². The minimum absolute atomic E-state index is 0.0477. The number of aryl methyl sites for hydroxylation is 2. The zero-order valence-corrected chi connectivity index (χ0v) is 12.5. The van der Waals surface area contributed by atoms with Gasteiger partial charge in [-0.25, -0.2) is 4.98 Å². The molecule has 0 aliphatic carbocycles. The van der Waals surface area contributed by atoms with Crippen molar-refractivity contribution in [1.29, 1.82) is 0 Å². The van der Waals surface area contributed by atoms with Gasteiger partial charge in [-0.05, 0) is 38.0 Å². The van der Waals surface area contributed by atoms with Crippen molar-refractivity contribution in [2.45, 2.75) is 26.3 Å². The maximum Gasteiger partial charge on any atom is 0.0900 e. The van der Waals surface area contributed by atoms with Gasteiger partial charge in [-0.2, -0.15) is 0 Å². The lowest BCUT2D eigenvalue weighted by Gasteiger charge is -2.11. The molecule has 2 N–H and O–H groups in total. The second-order valence-corrected chi connectivity index (χ2v) is 6.29. The van der Waals surface area contributed by atoms with Gasteiger partial charge in [0.15, 0.2) is 0 Å². The molecule has 0 amide bonds. The third-order valence-corrected chi connectivity index (χ3v) is 4.66. The van der Waals surface area contributed by atoms with Gasteiger partial charge in [0.1, 0.15) is 0 Å². The van der Waals surface area contributed by atoms with Crippen LogP contribution in [0.15, 0.2) is 18.2 Å². The van der Waals surface area contributed by atoms with Gasteiger partial charge in [0.25, 0.3) is 0 Å². The Morgan fingerprint density at radius 2 is 2.00 bits per heavy atom. The fraction of sp³-hybridized carbons (Fsp3) is 0.308. The van der Waals surface area contributed by atoms with Crippen molar-refractivity contribution in [1.82, 2.24) is 4.98 Å². The second kappa shape index (κ2) is 5.57. The standard InChI is InChI=1S/C13H14Cl2N2S/c1-7-13(18-8(2)17-7)12(16)6-9-3-4-10(14)11(15)5-9/h3-5,12H,6,16H2,1-2H3. The number of rotatable bonds is 3. The van der Waals surface area contributed by atoms with Gasteiger partial charge < -0.3 is 5.73 Å². The van der Waals surface area contributed by atoms with Crippen LogP contribution in [0.2, 0.25) is 10.0 Å². The fourth-order valence-corrected chi connectivity index (χ4v) is 3.15. The van der Waals surface area contributed by atoms with Crippen LogP contribution in [0.1, 0.15) is 27.2 Å². The summed E-state index contributed by atoms with van der Waals surface area (Å²) < 4.78 is 0. The molecule has 0 spiro atoms. The quantitative estimate of drug-likeness (QED) is 0.917. The Labute approximate surface area is 121 Å². The van der Waals surface area contributed by atoms with E-state index in [4.69, 9.17) is 28.9 Å². The molecule has 1 aromatic heterocycles. The van der Waals surface area contributed by atoms with Gasteiger partial charge in [0, 0.05) is 10.9 Å². The van der Waals surface area contributed by atoms with Crippen LogP contribution in [-0.2, 0) is 6.42 Å². The van der Waals surface area contributed by atoms with Crippen molar-refractivity contribution in [2.24, 2.45) is 5.73 Å². The second-order valence-electron chi connectivity index (χ2n) is 4.24. The molecule has 1 heterocycles. The summed E-state index contributed by atoms with van der Waals surface area (Å²) in [5, 5.41) is 2.18. The molecule has 0 aliphatic heterocycles. The summed E-state index contributed by atoms with van der Waals surface area (Å²) in [4.78, 5) is 5.53. The Bertz CT molecular complexity index is 566. The molecule has 1 aromatic carbocycles. The number of hydrogen-bond acceptors (Lipinski definition) is 3. The SMILES string of the molecule is Cc1nc(C)c(C(N)Cc2ccc(Cl)c(Cl)c2)s1. The van der Waals surface area contributed by atoms with Gasteiger partial charge in [0.05, 0.1) is 20.7 Å². The summed E-state index contributed by atoms with van der Waals surface area (Å²) in [6.07, 6.45) is 0.735. The highest BCUT2D eigenvalue weighted by atomic mass is 35.5. The fourth-order valence-electron chi connectivity index (χ4n) is 1.90. The van der Waals surface area contributed by atoms with Crippen LogP contribution in [0.3, 0.4) is 0 Å². The van der Waals surface area contributed by atoms with Crippen molar-refractivity contribution in [3.8, 4) is 0 Å². The van der Waals surface area contributed by atoms with Gasteiger partial charge in [0.2, 0.25) is 0 Å². The minimum Gasteiger partial charge on any atom is -0.323 e. The number of hydrogen-bond donors (Lipinski definition) is 1. The van der Waals surface area contributed by atoms with Gasteiger partial charge >= 0.3 is 0 Å². The molecule has 0 radical (unpaired) electrons. The van der Waals surface area contributed by atoms with E-state index in [2.05, 4.69) is 4.98 Å². The number of halogens is 2. The van der Waals surface area contributed by atoms with E-state index >= 15 is 0 Å². The maximum absolute atomic E-state index is 6.22. The first kappa shape index (κ1) is 13.8. The first-order valence-corrected chi connectivity index (χ1v) is 7.18. The van der Waals surface area contributed by atoms with E-state index in [-0.39, 0.29) is 6.04 Å². The van der Waals surface area contributed by atoms with E-state index in [0.29, 0.717) is 10.0 Å². The zero-order valence-electron chi connectivity index (χ0n) is 10.2. The molecule has 0 bridgehead atoms. The van der Waals surface area contributed by atoms with Crippen LogP contribution in [0.4, 0.5) is 0 Å². The van der Waals surface area contributed by atoms with Crippen LogP contribution in [0, 0.1) is 13.8 Å². The molecule has 5 heteroatoms. The van der Waals surface area contributed by atoms with Crippen LogP contribution in [0.5, 0.6) is 0 Å². The summed E-state index contributed by atoms with van der Waals surface area (Å²) in [6.45, 7) is 3.99.